The molecule has 1 saturated carbocycles. The molecule has 10 heteroatoms. The van der Waals surface area contributed by atoms with Crippen molar-refractivity contribution >= 4 is 34.6 Å². The monoisotopic (exact) mass is 727 g/mol. The summed E-state index contributed by atoms with van der Waals surface area (Å²) in [6, 6.07) is 28.9. The molecule has 2 heterocycles. The number of carbonyl (C=O) groups excluding carboxylic acids is 2. The van der Waals surface area contributed by atoms with Gasteiger partial charge in [0.2, 0.25) is 0 Å². The Balaban J connectivity index is 1.13. The highest BCUT2D eigenvalue weighted by Gasteiger charge is 2.45. The van der Waals surface area contributed by atoms with E-state index in [0.717, 1.165) is 80.9 Å². The Labute approximate surface area is 315 Å². The summed E-state index contributed by atoms with van der Waals surface area (Å²) < 4.78 is 27.8. The molecule has 0 bridgehead atoms. The quantitative estimate of drug-likeness (QED) is 0.128. The van der Waals surface area contributed by atoms with E-state index in [1.165, 1.54) is 0 Å². The Morgan fingerprint density at radius 2 is 1.56 bits per heavy atom. The summed E-state index contributed by atoms with van der Waals surface area (Å²) >= 11 is 0. The van der Waals surface area contributed by atoms with Gasteiger partial charge in [-0.25, -0.2) is 5.01 Å². The number of esters is 1. The van der Waals surface area contributed by atoms with Crippen molar-refractivity contribution in [2.45, 2.75) is 51.2 Å². The van der Waals surface area contributed by atoms with Gasteiger partial charge in [0.1, 0.15) is 23.0 Å². The summed E-state index contributed by atoms with van der Waals surface area (Å²) in [7, 11) is 6.51. The minimum absolute atomic E-state index is 0.0151. The number of methoxy groups -OCH3 is 4. The molecule has 1 aromatic heterocycles. The first kappa shape index (κ1) is 36.3. The SMILES string of the molecule is COc1ccc(/C=C2/CCCC3C2=NN(C(=O)C(C)OC(=O)CCc2c(-c4ccc(OC)cc4OC)[nH]c4ccccc24)C3c2ccc(OC)cc2)cc1. The summed E-state index contributed by atoms with van der Waals surface area (Å²) in [4.78, 5) is 31.3. The lowest BCUT2D eigenvalue weighted by Gasteiger charge is -2.30. The highest BCUT2D eigenvalue weighted by atomic mass is 16.5. The molecule has 0 saturated heterocycles. The van der Waals surface area contributed by atoms with Crippen LogP contribution >= 0.6 is 0 Å². The van der Waals surface area contributed by atoms with E-state index >= 15 is 0 Å². The average Bonchev–Trinajstić information content (AvgIpc) is 3.79. The molecular formula is C44H45N3O7. The molecule has 10 nitrogen and oxygen atoms in total. The molecule has 0 spiro atoms. The zero-order valence-electron chi connectivity index (χ0n) is 31.3. The number of nitrogens with zero attached hydrogens (tertiary/aromatic N) is 2. The highest BCUT2D eigenvalue weighted by Crippen LogP contribution is 2.45. The molecule has 5 aromatic rings. The third-order valence-electron chi connectivity index (χ3n) is 10.4. The maximum absolute atomic E-state index is 14.3. The number of para-hydroxylation sites is 1. The Bertz CT molecular complexity index is 2200. The maximum atomic E-state index is 14.3. The van der Waals surface area contributed by atoms with Crippen LogP contribution in [0.3, 0.4) is 0 Å². The lowest BCUT2D eigenvalue weighted by molar-refractivity contribution is -0.160. The highest BCUT2D eigenvalue weighted by molar-refractivity contribution is 6.08. The Kier molecular flexibility index (Phi) is 10.7. The van der Waals surface area contributed by atoms with E-state index in [0.29, 0.717) is 17.9 Å². The molecule has 4 aromatic carbocycles. The van der Waals surface area contributed by atoms with Gasteiger partial charge in [0.25, 0.3) is 5.91 Å². The number of fused-ring (bicyclic) bond motifs is 2. The number of hydrogen-bond acceptors (Lipinski definition) is 8. The van der Waals surface area contributed by atoms with Gasteiger partial charge in [-0.1, -0.05) is 42.5 Å². The van der Waals surface area contributed by atoms with Crippen LogP contribution in [0, 0.1) is 5.92 Å². The Hall–Kier alpha value is -6.03. The molecule has 3 unspecified atom stereocenters. The number of allylic oxidation sites excluding steroid dienone is 1. The normalized spacial score (nSPS) is 17.8. The van der Waals surface area contributed by atoms with Crippen molar-refractivity contribution in [1.82, 2.24) is 9.99 Å². The van der Waals surface area contributed by atoms with Crippen molar-refractivity contribution in [3.05, 3.63) is 113 Å². The number of amides is 1. The lowest BCUT2D eigenvalue weighted by Crippen LogP contribution is -2.39. The molecular weight excluding hydrogens is 682 g/mol. The third kappa shape index (κ3) is 7.28. The number of aromatic nitrogens is 1. The zero-order chi connectivity index (χ0) is 37.8. The fraction of sp³-hybridized carbons (Fsp3) is 0.295. The van der Waals surface area contributed by atoms with Gasteiger partial charge in [0.15, 0.2) is 6.10 Å². The molecule has 1 aliphatic carbocycles. The van der Waals surface area contributed by atoms with Crippen LogP contribution in [0.25, 0.3) is 28.2 Å². The summed E-state index contributed by atoms with van der Waals surface area (Å²) in [6.07, 6.45) is 4.23. The molecule has 1 aliphatic heterocycles. The third-order valence-corrected chi connectivity index (χ3v) is 10.4. The van der Waals surface area contributed by atoms with Crippen molar-refractivity contribution in [2.24, 2.45) is 11.0 Å². The lowest BCUT2D eigenvalue weighted by atomic mass is 9.77. The fourth-order valence-corrected chi connectivity index (χ4v) is 7.63. The average molecular weight is 728 g/mol. The van der Waals surface area contributed by atoms with E-state index in [2.05, 4.69) is 11.1 Å². The van der Waals surface area contributed by atoms with E-state index in [4.69, 9.17) is 28.8 Å². The van der Waals surface area contributed by atoms with Crippen LogP contribution in [-0.2, 0) is 20.7 Å². The van der Waals surface area contributed by atoms with Gasteiger partial charge in [-0.15, -0.1) is 0 Å². The van der Waals surface area contributed by atoms with Crippen molar-refractivity contribution in [1.29, 1.82) is 0 Å². The number of H-pyrrole nitrogens is 1. The first-order chi connectivity index (χ1) is 26.3. The predicted octanol–water partition coefficient (Wildman–Crippen LogP) is 8.56. The molecule has 1 N–H and O–H groups in total. The summed E-state index contributed by atoms with van der Waals surface area (Å²) in [5.74, 6) is 1.98. The van der Waals surface area contributed by atoms with Gasteiger partial charge in [-0.05, 0) is 103 Å². The van der Waals surface area contributed by atoms with E-state index in [1.54, 1.807) is 40.4 Å². The van der Waals surface area contributed by atoms with Gasteiger partial charge in [-0.2, -0.15) is 5.10 Å². The topological polar surface area (TPSA) is 112 Å². The summed E-state index contributed by atoms with van der Waals surface area (Å²) in [6.45, 7) is 1.63. The summed E-state index contributed by atoms with van der Waals surface area (Å²) in [5, 5.41) is 7.55. The van der Waals surface area contributed by atoms with Crippen LogP contribution in [-0.4, -0.2) is 62.1 Å². The number of hydrazone groups is 1. The van der Waals surface area contributed by atoms with E-state index in [-0.39, 0.29) is 24.3 Å². The standard InChI is InChI=1S/C44H45N3O7/c1-27(54-40(48)24-23-35-34-10-6-7-12-38(34)45-42(35)36-22-21-33(52-4)26-39(36)53-5)44(49)47-43(29-15-19-32(51-3)20-16-29)37-11-8-9-30(41(37)46-47)25-28-13-17-31(50-2)18-14-28/h6-7,10,12-22,25-27,37,43,45H,8-9,11,23-24H2,1-5H3/b30-25-. The number of hydrogen-bond donors (Lipinski definition) is 1. The van der Waals surface area contributed by atoms with Gasteiger partial charge >= 0.3 is 5.97 Å². The number of ether oxygens (including phenoxy) is 5. The predicted molar refractivity (Wildman–Crippen MR) is 209 cm³/mol. The molecule has 278 valence electrons. The van der Waals surface area contributed by atoms with Crippen molar-refractivity contribution in [2.75, 3.05) is 28.4 Å². The Morgan fingerprint density at radius 3 is 2.26 bits per heavy atom. The molecule has 3 atom stereocenters. The maximum Gasteiger partial charge on any atom is 0.306 e. The van der Waals surface area contributed by atoms with E-state index in [1.807, 2.05) is 91.0 Å². The number of aromatic amines is 1. The molecule has 2 aliphatic rings. The van der Waals surface area contributed by atoms with Gasteiger partial charge in [0, 0.05) is 34.9 Å². The number of benzene rings is 4. The van der Waals surface area contributed by atoms with Crippen LogP contribution in [0.1, 0.15) is 55.3 Å². The van der Waals surface area contributed by atoms with Crippen LogP contribution in [0.2, 0.25) is 0 Å². The minimum Gasteiger partial charge on any atom is -0.497 e. The van der Waals surface area contributed by atoms with Crippen LogP contribution in [0.5, 0.6) is 23.0 Å². The second kappa shape index (κ2) is 15.9. The van der Waals surface area contributed by atoms with Crippen LogP contribution in [0.4, 0.5) is 0 Å². The van der Waals surface area contributed by atoms with Gasteiger partial charge in [-0.3, -0.25) is 9.59 Å². The second-order valence-electron chi connectivity index (χ2n) is 13.5. The van der Waals surface area contributed by atoms with Crippen molar-refractivity contribution < 1.29 is 33.3 Å². The van der Waals surface area contributed by atoms with Crippen LogP contribution < -0.4 is 18.9 Å². The van der Waals surface area contributed by atoms with Crippen molar-refractivity contribution in [3.8, 4) is 34.3 Å². The summed E-state index contributed by atoms with van der Waals surface area (Å²) in [5.41, 5.74) is 7.56. The largest absolute Gasteiger partial charge is 0.497 e. The fourth-order valence-electron chi connectivity index (χ4n) is 7.63. The molecule has 54 heavy (non-hydrogen) atoms. The molecule has 1 amide bonds. The zero-order valence-corrected chi connectivity index (χ0v) is 31.3. The smallest absolute Gasteiger partial charge is 0.306 e. The molecule has 0 radical (unpaired) electrons. The van der Waals surface area contributed by atoms with Crippen molar-refractivity contribution in [3.63, 3.8) is 0 Å². The second-order valence-corrected chi connectivity index (χ2v) is 13.5. The molecule has 7 rings (SSSR count). The number of nitrogens with one attached hydrogen (secondary N) is 1. The van der Waals surface area contributed by atoms with Gasteiger partial charge < -0.3 is 28.7 Å². The van der Waals surface area contributed by atoms with E-state index in [9.17, 15) is 9.59 Å². The van der Waals surface area contributed by atoms with Crippen LogP contribution in [0.15, 0.2) is 102 Å². The Morgan fingerprint density at radius 1 is 0.870 bits per heavy atom. The molecule has 1 fully saturated rings. The first-order valence-corrected chi connectivity index (χ1v) is 18.2. The number of aryl methyl sites for hydroxylation is 1. The minimum atomic E-state index is -1.05. The van der Waals surface area contributed by atoms with E-state index < -0.39 is 12.1 Å². The van der Waals surface area contributed by atoms with Gasteiger partial charge in [0.05, 0.1) is 45.9 Å². The number of rotatable bonds is 12. The number of carbonyl (C=O) groups is 2. The first-order valence-electron chi connectivity index (χ1n) is 18.2.